The van der Waals surface area contributed by atoms with Gasteiger partial charge in [-0.3, -0.25) is 0 Å². The lowest BCUT2D eigenvalue weighted by atomic mass is 9.93. The van der Waals surface area contributed by atoms with Crippen molar-refractivity contribution >= 4 is 0 Å². The molecule has 0 saturated carbocycles. The van der Waals surface area contributed by atoms with Gasteiger partial charge < -0.3 is 19.7 Å². The molecule has 1 aliphatic heterocycles. The minimum atomic E-state index is -0.872. The van der Waals surface area contributed by atoms with Gasteiger partial charge in [-0.15, -0.1) is 0 Å². The Kier molecular flexibility index (Phi) is 4.12. The Labute approximate surface area is 91.2 Å². The highest BCUT2D eigenvalue weighted by atomic mass is 16.7. The monoisotopic (exact) mass is 218 g/mol. The Morgan fingerprint density at radius 1 is 1.40 bits per heavy atom. The van der Waals surface area contributed by atoms with Crippen LogP contribution in [0.2, 0.25) is 0 Å². The number of unbranched alkanes of at least 4 members (excludes halogenated alkanes) is 1. The second-order valence-electron chi connectivity index (χ2n) is 4.86. The molecule has 90 valence electrons. The number of hydrogen-bond acceptors (Lipinski definition) is 4. The summed E-state index contributed by atoms with van der Waals surface area (Å²) in [5.74, 6) is -0.592. The van der Waals surface area contributed by atoms with Gasteiger partial charge in [0.15, 0.2) is 5.79 Å². The topological polar surface area (TPSA) is 58.9 Å². The smallest absolute Gasteiger partial charge is 0.163 e. The summed E-state index contributed by atoms with van der Waals surface area (Å²) in [6, 6.07) is 0. The fourth-order valence-corrected chi connectivity index (χ4v) is 1.75. The van der Waals surface area contributed by atoms with Crippen molar-refractivity contribution in [1.82, 2.24) is 0 Å². The standard InChI is InChI=1S/C11H22O4/c1-10(2)14-8-9(15-10)11(3,13)6-4-5-7-12/h9,12-13H,4-8H2,1-3H3/t9-,11+/m1/s1. The number of ether oxygens (including phenoxy) is 2. The molecule has 0 radical (unpaired) electrons. The summed E-state index contributed by atoms with van der Waals surface area (Å²) < 4.78 is 11.0. The molecule has 0 aromatic heterocycles. The fraction of sp³-hybridized carbons (Fsp3) is 1.00. The van der Waals surface area contributed by atoms with E-state index in [0.717, 1.165) is 6.42 Å². The maximum Gasteiger partial charge on any atom is 0.163 e. The zero-order chi connectivity index (χ0) is 11.5. The van der Waals surface area contributed by atoms with Crippen LogP contribution in [0, 0.1) is 0 Å². The molecular formula is C11H22O4. The van der Waals surface area contributed by atoms with Crippen LogP contribution >= 0.6 is 0 Å². The first kappa shape index (κ1) is 12.9. The van der Waals surface area contributed by atoms with Crippen LogP contribution in [0.4, 0.5) is 0 Å². The molecule has 1 heterocycles. The van der Waals surface area contributed by atoms with Gasteiger partial charge in [0.25, 0.3) is 0 Å². The molecule has 0 bridgehead atoms. The summed E-state index contributed by atoms with van der Waals surface area (Å²) in [6.07, 6.45) is 1.86. The highest BCUT2D eigenvalue weighted by Crippen LogP contribution is 2.31. The van der Waals surface area contributed by atoms with Crippen molar-refractivity contribution in [1.29, 1.82) is 0 Å². The number of aliphatic hydroxyl groups excluding tert-OH is 1. The van der Waals surface area contributed by atoms with Gasteiger partial charge in [-0.1, -0.05) is 0 Å². The molecule has 1 fully saturated rings. The average molecular weight is 218 g/mol. The van der Waals surface area contributed by atoms with E-state index >= 15 is 0 Å². The molecule has 15 heavy (non-hydrogen) atoms. The summed E-state index contributed by atoms with van der Waals surface area (Å²) in [4.78, 5) is 0. The van der Waals surface area contributed by atoms with Gasteiger partial charge in [0.1, 0.15) is 6.10 Å². The molecule has 2 atom stereocenters. The second-order valence-corrected chi connectivity index (χ2v) is 4.86. The van der Waals surface area contributed by atoms with Crippen molar-refractivity contribution in [3.8, 4) is 0 Å². The first-order chi connectivity index (χ1) is 6.87. The minimum Gasteiger partial charge on any atom is -0.396 e. The van der Waals surface area contributed by atoms with E-state index in [1.54, 1.807) is 6.92 Å². The molecule has 4 nitrogen and oxygen atoms in total. The van der Waals surface area contributed by atoms with Crippen LogP contribution in [-0.2, 0) is 9.47 Å². The van der Waals surface area contributed by atoms with E-state index in [4.69, 9.17) is 14.6 Å². The van der Waals surface area contributed by atoms with Crippen LogP contribution in [0.1, 0.15) is 40.0 Å². The average Bonchev–Trinajstić information content (AvgIpc) is 2.47. The first-order valence-corrected chi connectivity index (χ1v) is 5.52. The molecule has 0 amide bonds. The highest BCUT2D eigenvalue weighted by Gasteiger charge is 2.42. The third-order valence-electron chi connectivity index (χ3n) is 2.79. The van der Waals surface area contributed by atoms with E-state index in [1.807, 2.05) is 13.8 Å². The molecule has 0 aromatic carbocycles. The van der Waals surface area contributed by atoms with E-state index in [0.29, 0.717) is 19.4 Å². The van der Waals surface area contributed by atoms with Gasteiger partial charge in [-0.25, -0.2) is 0 Å². The third kappa shape index (κ3) is 3.72. The van der Waals surface area contributed by atoms with Gasteiger partial charge in [0, 0.05) is 6.61 Å². The van der Waals surface area contributed by atoms with Crippen molar-refractivity contribution in [3.63, 3.8) is 0 Å². The summed E-state index contributed by atoms with van der Waals surface area (Å²) in [7, 11) is 0. The zero-order valence-corrected chi connectivity index (χ0v) is 9.82. The van der Waals surface area contributed by atoms with Crippen LogP contribution in [-0.4, -0.2) is 40.9 Å². The summed E-state index contributed by atoms with van der Waals surface area (Å²) in [5, 5.41) is 18.9. The van der Waals surface area contributed by atoms with Gasteiger partial charge in [0.2, 0.25) is 0 Å². The maximum atomic E-state index is 10.2. The normalized spacial score (nSPS) is 29.0. The third-order valence-corrected chi connectivity index (χ3v) is 2.79. The van der Waals surface area contributed by atoms with Gasteiger partial charge in [-0.05, 0) is 40.0 Å². The minimum absolute atomic E-state index is 0.170. The van der Waals surface area contributed by atoms with E-state index in [2.05, 4.69) is 0 Å². The van der Waals surface area contributed by atoms with E-state index < -0.39 is 11.4 Å². The van der Waals surface area contributed by atoms with Crippen molar-refractivity contribution in [2.75, 3.05) is 13.2 Å². The molecular weight excluding hydrogens is 196 g/mol. The predicted octanol–water partition coefficient (Wildman–Crippen LogP) is 1.05. The van der Waals surface area contributed by atoms with Crippen LogP contribution in [0.15, 0.2) is 0 Å². The quantitative estimate of drug-likeness (QED) is 0.677. The molecule has 0 spiro atoms. The Morgan fingerprint density at radius 2 is 2.07 bits per heavy atom. The first-order valence-electron chi connectivity index (χ1n) is 5.52. The molecule has 0 aliphatic carbocycles. The van der Waals surface area contributed by atoms with Crippen molar-refractivity contribution in [2.24, 2.45) is 0 Å². The molecule has 0 aromatic rings. The highest BCUT2D eigenvalue weighted by molar-refractivity contribution is 4.87. The van der Waals surface area contributed by atoms with Gasteiger partial charge >= 0.3 is 0 Å². The summed E-state index contributed by atoms with van der Waals surface area (Å²) in [6.45, 7) is 6.05. The SMILES string of the molecule is CC1(C)OC[C@H]([C@@](C)(O)CCCCO)O1. The number of hydrogen-bond donors (Lipinski definition) is 2. The number of rotatable bonds is 5. The Bertz CT molecular complexity index is 201. The second kappa shape index (κ2) is 4.78. The van der Waals surface area contributed by atoms with Crippen molar-refractivity contribution in [3.05, 3.63) is 0 Å². The fourth-order valence-electron chi connectivity index (χ4n) is 1.75. The van der Waals surface area contributed by atoms with E-state index in [1.165, 1.54) is 0 Å². The van der Waals surface area contributed by atoms with Crippen LogP contribution in [0.5, 0.6) is 0 Å². The zero-order valence-electron chi connectivity index (χ0n) is 9.82. The lowest BCUT2D eigenvalue weighted by Gasteiger charge is -2.29. The molecule has 1 aliphatic rings. The Balaban J connectivity index is 2.41. The van der Waals surface area contributed by atoms with Crippen LogP contribution < -0.4 is 0 Å². The van der Waals surface area contributed by atoms with Gasteiger partial charge in [0.05, 0.1) is 12.2 Å². The predicted molar refractivity (Wildman–Crippen MR) is 56.5 cm³/mol. The molecule has 4 heteroatoms. The summed E-state index contributed by atoms with van der Waals surface area (Å²) >= 11 is 0. The van der Waals surface area contributed by atoms with Crippen molar-refractivity contribution in [2.45, 2.75) is 57.5 Å². The summed E-state index contributed by atoms with van der Waals surface area (Å²) in [5.41, 5.74) is -0.872. The molecule has 2 N–H and O–H groups in total. The Hall–Kier alpha value is -0.160. The largest absolute Gasteiger partial charge is 0.396 e. The lowest BCUT2D eigenvalue weighted by molar-refractivity contribution is -0.168. The van der Waals surface area contributed by atoms with Gasteiger partial charge in [-0.2, -0.15) is 0 Å². The Morgan fingerprint density at radius 3 is 2.53 bits per heavy atom. The van der Waals surface area contributed by atoms with E-state index in [9.17, 15) is 5.11 Å². The molecule has 0 unspecified atom stereocenters. The molecule has 1 saturated heterocycles. The maximum absolute atomic E-state index is 10.2. The van der Waals surface area contributed by atoms with Crippen LogP contribution in [0.3, 0.4) is 0 Å². The van der Waals surface area contributed by atoms with Crippen molar-refractivity contribution < 1.29 is 19.7 Å². The van der Waals surface area contributed by atoms with E-state index in [-0.39, 0.29) is 12.7 Å². The van der Waals surface area contributed by atoms with Crippen LogP contribution in [0.25, 0.3) is 0 Å². The molecule has 1 rings (SSSR count). The number of aliphatic hydroxyl groups is 2. The lowest BCUT2D eigenvalue weighted by Crippen LogP contribution is -2.41.